The summed E-state index contributed by atoms with van der Waals surface area (Å²) in [4.78, 5) is 25.1. The second kappa shape index (κ2) is 9.01. The van der Waals surface area contributed by atoms with Crippen molar-refractivity contribution in [3.63, 3.8) is 0 Å². The minimum absolute atomic E-state index is 0.0923. The molecule has 3 rings (SSSR count). The summed E-state index contributed by atoms with van der Waals surface area (Å²) in [6, 6.07) is 4.80. The minimum atomic E-state index is -0.632. The highest BCUT2D eigenvalue weighted by Crippen LogP contribution is 2.34. The average molecular weight is 408 g/mol. The van der Waals surface area contributed by atoms with Crippen LogP contribution in [0.1, 0.15) is 48.3 Å². The lowest BCUT2D eigenvalue weighted by molar-refractivity contribution is -0.125. The molecule has 1 heterocycles. The second-order valence-corrected chi connectivity index (χ2v) is 8.53. The van der Waals surface area contributed by atoms with Crippen molar-refractivity contribution in [1.29, 1.82) is 0 Å². The van der Waals surface area contributed by atoms with E-state index >= 15 is 0 Å². The van der Waals surface area contributed by atoms with E-state index in [1.54, 1.807) is 12.1 Å². The molecule has 0 aliphatic heterocycles. The molecule has 1 aromatic carbocycles. The molecule has 1 N–H and O–H groups in total. The third-order valence-electron chi connectivity index (χ3n) is 5.62. The summed E-state index contributed by atoms with van der Waals surface area (Å²) in [6.45, 7) is 4.08. The zero-order valence-electron chi connectivity index (χ0n) is 16.4. The van der Waals surface area contributed by atoms with Crippen molar-refractivity contribution in [3.8, 4) is 0 Å². The van der Waals surface area contributed by atoms with E-state index in [-0.39, 0.29) is 30.0 Å². The molecule has 5 nitrogen and oxygen atoms in total. The van der Waals surface area contributed by atoms with E-state index in [9.17, 15) is 14.0 Å². The summed E-state index contributed by atoms with van der Waals surface area (Å²) < 4.78 is 25.2. The highest BCUT2D eigenvalue weighted by Gasteiger charge is 2.28. The Bertz CT molecular complexity index is 865. The van der Waals surface area contributed by atoms with Crippen molar-refractivity contribution < 1.29 is 23.5 Å². The van der Waals surface area contributed by atoms with Crippen LogP contribution in [-0.2, 0) is 20.9 Å². The van der Waals surface area contributed by atoms with Gasteiger partial charge in [0, 0.05) is 28.8 Å². The van der Waals surface area contributed by atoms with Gasteiger partial charge in [-0.2, -0.15) is 0 Å². The van der Waals surface area contributed by atoms with Crippen LogP contribution in [0, 0.1) is 17.7 Å². The number of hydrogen-bond donors (Lipinski definition) is 1. The Kier molecular flexibility index (Phi) is 6.67. The number of benzene rings is 1. The number of halogens is 1. The van der Waals surface area contributed by atoms with Crippen molar-refractivity contribution in [2.24, 2.45) is 11.8 Å². The van der Waals surface area contributed by atoms with Crippen LogP contribution in [0.5, 0.6) is 0 Å². The fourth-order valence-corrected chi connectivity index (χ4v) is 4.96. The van der Waals surface area contributed by atoms with Crippen LogP contribution in [0.15, 0.2) is 18.2 Å². The van der Waals surface area contributed by atoms with Crippen molar-refractivity contribution in [1.82, 2.24) is 5.32 Å². The zero-order chi connectivity index (χ0) is 20.3. The largest absolute Gasteiger partial charge is 0.451 e. The molecule has 1 fully saturated rings. The molecule has 0 saturated heterocycles. The van der Waals surface area contributed by atoms with Gasteiger partial charge in [0.05, 0.1) is 6.61 Å². The van der Waals surface area contributed by atoms with Gasteiger partial charge in [-0.05, 0) is 30.4 Å². The molecule has 7 heteroatoms. The highest BCUT2D eigenvalue weighted by atomic mass is 32.1. The van der Waals surface area contributed by atoms with Gasteiger partial charge in [-0.1, -0.05) is 32.8 Å². The summed E-state index contributed by atoms with van der Waals surface area (Å²) in [5.41, 5.74) is 0.459. The first-order chi connectivity index (χ1) is 13.4. The number of nitrogens with one attached hydrogen (secondary N) is 1. The Balaban J connectivity index is 1.67. The quantitative estimate of drug-likeness (QED) is 0.726. The molecule has 1 aromatic heterocycles. The first-order valence-corrected chi connectivity index (χ1v) is 10.4. The van der Waals surface area contributed by atoms with Crippen LogP contribution in [0.4, 0.5) is 4.39 Å². The van der Waals surface area contributed by atoms with Gasteiger partial charge in [-0.15, -0.1) is 11.3 Å². The van der Waals surface area contributed by atoms with Crippen LogP contribution in [0.25, 0.3) is 10.1 Å². The third kappa shape index (κ3) is 4.36. The molecular weight excluding hydrogens is 381 g/mol. The zero-order valence-corrected chi connectivity index (χ0v) is 17.2. The number of methoxy groups -OCH3 is 1. The van der Waals surface area contributed by atoms with Crippen LogP contribution in [0.2, 0.25) is 0 Å². The van der Waals surface area contributed by atoms with Crippen molar-refractivity contribution in [3.05, 3.63) is 34.5 Å². The first kappa shape index (κ1) is 20.7. The lowest BCUT2D eigenvalue weighted by Crippen LogP contribution is -2.45. The lowest BCUT2D eigenvalue weighted by Gasteiger charge is -2.34. The third-order valence-corrected chi connectivity index (χ3v) is 6.80. The summed E-state index contributed by atoms with van der Waals surface area (Å²) in [5.74, 6) is -0.385. The predicted molar refractivity (Wildman–Crippen MR) is 107 cm³/mol. The number of hydrogen-bond acceptors (Lipinski definition) is 5. The molecule has 3 atom stereocenters. The lowest BCUT2D eigenvalue weighted by atomic mass is 9.78. The second-order valence-electron chi connectivity index (χ2n) is 7.47. The molecule has 0 spiro atoms. The molecule has 1 aliphatic rings. The van der Waals surface area contributed by atoms with Crippen LogP contribution in [0.3, 0.4) is 0 Å². The van der Waals surface area contributed by atoms with Crippen LogP contribution in [-0.4, -0.2) is 31.6 Å². The Hall–Kier alpha value is -1.99. The van der Waals surface area contributed by atoms with E-state index in [2.05, 4.69) is 19.2 Å². The smallest absolute Gasteiger partial charge is 0.349 e. The summed E-state index contributed by atoms with van der Waals surface area (Å²) in [6.07, 6.45) is 3.20. The van der Waals surface area contributed by atoms with Gasteiger partial charge in [-0.3, -0.25) is 4.79 Å². The molecule has 0 unspecified atom stereocenters. The van der Waals surface area contributed by atoms with Gasteiger partial charge >= 0.3 is 5.97 Å². The maximum atomic E-state index is 14.2. The molecule has 0 radical (unpaired) electrons. The van der Waals surface area contributed by atoms with Crippen LogP contribution < -0.4 is 5.32 Å². The molecular formula is C21H26FNO4S. The number of rotatable bonds is 6. The Morgan fingerprint density at radius 2 is 2.07 bits per heavy atom. The van der Waals surface area contributed by atoms with Gasteiger partial charge in [0.25, 0.3) is 5.91 Å². The number of carbonyl (C=O) groups excluding carboxylic acids is 2. The number of carbonyl (C=O) groups is 2. The van der Waals surface area contributed by atoms with Gasteiger partial charge in [0.2, 0.25) is 0 Å². The fraction of sp³-hybridized carbons (Fsp3) is 0.524. The molecule has 1 amide bonds. The highest BCUT2D eigenvalue weighted by molar-refractivity contribution is 7.21. The molecule has 28 heavy (non-hydrogen) atoms. The van der Waals surface area contributed by atoms with Crippen molar-refractivity contribution in [2.45, 2.75) is 45.8 Å². The maximum Gasteiger partial charge on any atom is 0.349 e. The summed E-state index contributed by atoms with van der Waals surface area (Å²) in [7, 11) is 1.49. The molecule has 152 valence electrons. The van der Waals surface area contributed by atoms with E-state index < -0.39 is 11.8 Å². The monoisotopic (exact) mass is 407 g/mol. The molecule has 0 bridgehead atoms. The predicted octanol–water partition coefficient (Wildman–Crippen LogP) is 4.28. The Morgan fingerprint density at radius 3 is 2.82 bits per heavy atom. The van der Waals surface area contributed by atoms with Gasteiger partial charge in [0.15, 0.2) is 6.61 Å². The van der Waals surface area contributed by atoms with E-state index in [0.29, 0.717) is 27.5 Å². The molecule has 1 aliphatic carbocycles. The van der Waals surface area contributed by atoms with Gasteiger partial charge < -0.3 is 14.8 Å². The number of esters is 1. The molecule has 2 aromatic rings. The summed E-state index contributed by atoms with van der Waals surface area (Å²) >= 11 is 1.15. The SMILES string of the molecule is COCc1c(C(=O)OCC(=O)N[C@@H]2CCC[C@@H](C)[C@H]2C)sc2cccc(F)c12. The molecule has 1 saturated carbocycles. The summed E-state index contributed by atoms with van der Waals surface area (Å²) in [5, 5.41) is 3.35. The Labute approximate surface area is 168 Å². The van der Waals surface area contributed by atoms with Crippen molar-refractivity contribution in [2.75, 3.05) is 13.7 Å². The first-order valence-electron chi connectivity index (χ1n) is 9.57. The number of thiophene rings is 1. The van der Waals surface area contributed by atoms with E-state index in [1.165, 1.54) is 19.6 Å². The van der Waals surface area contributed by atoms with Crippen molar-refractivity contribution >= 4 is 33.3 Å². The maximum absolute atomic E-state index is 14.2. The van der Waals surface area contributed by atoms with E-state index in [0.717, 1.165) is 24.2 Å². The van der Waals surface area contributed by atoms with Gasteiger partial charge in [-0.25, -0.2) is 9.18 Å². The van der Waals surface area contributed by atoms with Crippen LogP contribution >= 0.6 is 11.3 Å². The minimum Gasteiger partial charge on any atom is -0.451 e. The number of fused-ring (bicyclic) bond motifs is 1. The van der Waals surface area contributed by atoms with E-state index in [1.807, 2.05) is 0 Å². The topological polar surface area (TPSA) is 64.6 Å². The van der Waals surface area contributed by atoms with E-state index in [4.69, 9.17) is 9.47 Å². The normalized spacial score (nSPS) is 22.2. The fourth-order valence-electron chi connectivity index (χ4n) is 3.85. The van der Waals surface area contributed by atoms with Gasteiger partial charge in [0.1, 0.15) is 10.7 Å². The average Bonchev–Trinajstić information content (AvgIpc) is 3.04. The standard InChI is InChI=1S/C21H26FNO4S/c1-12-6-4-8-16(13(12)2)23-18(24)11-27-21(25)20-14(10-26-3)19-15(22)7-5-9-17(19)28-20/h5,7,9,12-13,16H,4,6,8,10-11H2,1-3H3,(H,23,24)/t12-,13-,16-/m1/s1. The number of amides is 1. The Morgan fingerprint density at radius 1 is 1.29 bits per heavy atom. The number of ether oxygens (including phenoxy) is 2.